The van der Waals surface area contributed by atoms with Gasteiger partial charge in [0.05, 0.1) is 0 Å². The van der Waals surface area contributed by atoms with E-state index < -0.39 is 0 Å². The number of rotatable bonds is 0. The molecule has 0 aromatic heterocycles. The van der Waals surface area contributed by atoms with Crippen molar-refractivity contribution in [3.05, 3.63) is 7.43 Å². The van der Waals surface area contributed by atoms with Crippen molar-refractivity contribution < 1.29 is 31.4 Å². The molecule has 2 nitrogen and oxygen atoms in total. The second-order valence-corrected chi connectivity index (χ2v) is 0. The van der Waals surface area contributed by atoms with Crippen molar-refractivity contribution in [2.75, 3.05) is 0 Å². The zero-order valence-electron chi connectivity index (χ0n) is 2.19. The van der Waals surface area contributed by atoms with Gasteiger partial charge in [-0.3, -0.25) is 0 Å². The molecule has 3 heteroatoms. The summed E-state index contributed by atoms with van der Waals surface area (Å²) in [6, 6.07) is 0. The summed E-state index contributed by atoms with van der Waals surface area (Å²) in [5, 5.41) is 0. The van der Waals surface area contributed by atoms with Gasteiger partial charge in [0.15, 0.2) is 0 Å². The molecule has 0 rings (SSSR count). The van der Waals surface area contributed by atoms with Gasteiger partial charge in [-0.25, -0.2) is 0 Å². The second kappa shape index (κ2) is 70.4. The fourth-order valence-corrected chi connectivity index (χ4v) is 0. The molecule has 0 aliphatic rings. The van der Waals surface area contributed by atoms with Crippen LogP contribution in [0.15, 0.2) is 0 Å². The van der Waals surface area contributed by atoms with Gasteiger partial charge in [0.25, 0.3) is 0 Å². The maximum Gasteiger partial charge on any atom is 0 e. The maximum absolute atomic E-state index is 0. The number of hydrogen-bond donors (Lipinski definition) is 0. The Labute approximate surface area is 39.5 Å². The van der Waals surface area contributed by atoms with Gasteiger partial charge < -0.3 is 18.4 Å². The van der Waals surface area contributed by atoms with E-state index in [1.54, 1.807) is 0 Å². The van der Waals surface area contributed by atoms with Gasteiger partial charge in [0.1, 0.15) is 0 Å². The SMILES string of the molecule is [CH3-].[O-2].[O-2].[Re]. The van der Waals surface area contributed by atoms with E-state index in [2.05, 4.69) is 0 Å². The van der Waals surface area contributed by atoms with Crippen LogP contribution >= 0.6 is 0 Å². The minimum absolute atomic E-state index is 0. The third kappa shape index (κ3) is 19.1. The van der Waals surface area contributed by atoms with Crippen LogP contribution in [0.25, 0.3) is 0 Å². The molecule has 0 saturated carbocycles. The van der Waals surface area contributed by atoms with Crippen LogP contribution in [0.3, 0.4) is 0 Å². The fraction of sp³-hybridized carbons (Fsp3) is 0. The molecule has 0 aromatic carbocycles. The van der Waals surface area contributed by atoms with Gasteiger partial charge in [0.2, 0.25) is 0 Å². The first-order valence-corrected chi connectivity index (χ1v) is 0. The van der Waals surface area contributed by atoms with E-state index in [1.165, 1.54) is 0 Å². The largest absolute Gasteiger partial charge is 2.00 e. The van der Waals surface area contributed by atoms with Crippen LogP contribution in [0.1, 0.15) is 0 Å². The smallest absolute Gasteiger partial charge is 0 e. The Bertz CT molecular complexity index is 6.00. The quantitative estimate of drug-likeness (QED) is 0.537. The van der Waals surface area contributed by atoms with Crippen molar-refractivity contribution in [1.82, 2.24) is 0 Å². The molecule has 4 heavy (non-hydrogen) atoms. The van der Waals surface area contributed by atoms with Crippen LogP contribution in [0.4, 0.5) is 0 Å². The first-order valence-electron chi connectivity index (χ1n) is 0. The van der Waals surface area contributed by atoms with Crippen molar-refractivity contribution in [2.45, 2.75) is 0 Å². The topological polar surface area (TPSA) is 57.0 Å². The molecule has 0 aliphatic carbocycles. The maximum atomic E-state index is 0. The predicted octanol–water partition coefficient (Wildman–Crippen LogP) is 0.210. The van der Waals surface area contributed by atoms with E-state index in [-0.39, 0.29) is 38.8 Å². The Morgan fingerprint density at radius 2 is 0.750 bits per heavy atom. The third-order valence-corrected chi connectivity index (χ3v) is 0. The molecule has 0 aliphatic heterocycles. The Balaban J connectivity index is 0. The van der Waals surface area contributed by atoms with E-state index in [0.29, 0.717) is 0 Å². The average molecular weight is 233 g/mol. The summed E-state index contributed by atoms with van der Waals surface area (Å²) in [5.74, 6) is 0. The van der Waals surface area contributed by atoms with Crippen molar-refractivity contribution in [1.29, 1.82) is 0 Å². The van der Waals surface area contributed by atoms with Gasteiger partial charge in [0, 0.05) is 20.4 Å². The standard InChI is InChI=1S/CH3.2O.Re/h1H3;;;/q-1;2*-2;. The normalized spacial score (nSPS) is 0. The molecule has 0 aromatic rings. The van der Waals surface area contributed by atoms with E-state index >= 15 is 0 Å². The Morgan fingerprint density at radius 1 is 0.750 bits per heavy atom. The van der Waals surface area contributed by atoms with Crippen molar-refractivity contribution in [2.24, 2.45) is 0 Å². The van der Waals surface area contributed by atoms with Crippen LogP contribution in [0.5, 0.6) is 0 Å². The monoisotopic (exact) mass is 234 g/mol. The summed E-state index contributed by atoms with van der Waals surface area (Å²) in [6.45, 7) is 0. The average Bonchev–Trinajstić information content (AvgIpc) is 0. The Hall–Kier alpha value is 0.582. The van der Waals surface area contributed by atoms with Crippen LogP contribution in [0.2, 0.25) is 0 Å². The summed E-state index contributed by atoms with van der Waals surface area (Å²) in [7, 11) is 0. The van der Waals surface area contributed by atoms with Crippen LogP contribution < -0.4 is 0 Å². The van der Waals surface area contributed by atoms with Crippen LogP contribution in [0, 0.1) is 7.43 Å². The molecule has 1 radical (unpaired) electrons. The van der Waals surface area contributed by atoms with E-state index in [4.69, 9.17) is 0 Å². The molecular weight excluding hydrogens is 230 g/mol. The summed E-state index contributed by atoms with van der Waals surface area (Å²) in [4.78, 5) is 0. The minimum Gasteiger partial charge on any atom is -2.00 e. The van der Waals surface area contributed by atoms with E-state index in [0.717, 1.165) is 0 Å². The van der Waals surface area contributed by atoms with Crippen molar-refractivity contribution in [3.8, 4) is 0 Å². The van der Waals surface area contributed by atoms with Gasteiger partial charge in [-0.05, 0) is 0 Å². The molecule has 0 spiro atoms. The fourth-order valence-electron chi connectivity index (χ4n) is 0. The Kier molecular flexibility index (Phi) is 3050. The zero-order valence-corrected chi connectivity index (χ0v) is 4.91. The van der Waals surface area contributed by atoms with Gasteiger partial charge >= 0.3 is 0 Å². The second-order valence-electron chi connectivity index (χ2n) is 0. The molecule has 0 unspecified atom stereocenters. The van der Waals surface area contributed by atoms with Gasteiger partial charge in [-0.1, -0.05) is 0 Å². The Morgan fingerprint density at radius 3 is 0.750 bits per heavy atom. The molecule has 0 bridgehead atoms. The minimum atomic E-state index is 0. The molecule has 0 amide bonds. The van der Waals surface area contributed by atoms with Crippen LogP contribution in [-0.4, -0.2) is 0 Å². The summed E-state index contributed by atoms with van der Waals surface area (Å²) in [6.07, 6.45) is 0. The van der Waals surface area contributed by atoms with E-state index in [9.17, 15) is 0 Å². The molecular formula is CH3O2Re-5. The first kappa shape index (κ1) is 173. The molecule has 0 saturated heterocycles. The molecule has 0 fully saturated rings. The van der Waals surface area contributed by atoms with Crippen molar-refractivity contribution >= 4 is 0 Å². The van der Waals surface area contributed by atoms with Gasteiger partial charge in [-0.15, -0.1) is 0 Å². The summed E-state index contributed by atoms with van der Waals surface area (Å²) in [5.41, 5.74) is 0. The van der Waals surface area contributed by atoms with Gasteiger partial charge in [-0.2, -0.15) is 0 Å². The molecule has 0 N–H and O–H groups in total. The molecule has 31 valence electrons. The summed E-state index contributed by atoms with van der Waals surface area (Å²) >= 11 is 0. The predicted molar refractivity (Wildman–Crippen MR) is 7.79 cm³/mol. The molecule has 0 heterocycles. The van der Waals surface area contributed by atoms with Crippen molar-refractivity contribution in [3.63, 3.8) is 0 Å². The summed E-state index contributed by atoms with van der Waals surface area (Å²) < 4.78 is 0. The first-order chi connectivity index (χ1) is 0. The third-order valence-electron chi connectivity index (χ3n) is 0. The number of hydrogen-bond acceptors (Lipinski definition) is 0. The van der Waals surface area contributed by atoms with Crippen LogP contribution in [-0.2, 0) is 31.4 Å². The van der Waals surface area contributed by atoms with E-state index in [1.807, 2.05) is 0 Å². The molecule has 0 atom stereocenters. The zero-order chi connectivity index (χ0) is 0.